The van der Waals surface area contributed by atoms with Crippen molar-refractivity contribution in [3.63, 3.8) is 0 Å². The van der Waals surface area contributed by atoms with Crippen molar-refractivity contribution in [3.8, 4) is 0 Å². The molecule has 0 radical (unpaired) electrons. The highest BCUT2D eigenvalue weighted by atomic mass is 19.1. The van der Waals surface area contributed by atoms with Gasteiger partial charge < -0.3 is 14.0 Å². The van der Waals surface area contributed by atoms with Crippen LogP contribution in [-0.2, 0) is 14.0 Å². The Bertz CT molecular complexity index is 1160. The summed E-state index contributed by atoms with van der Waals surface area (Å²) in [6.45, 7) is 7.52. The number of imide groups is 1. The average molecular weight is 466 g/mol. The first-order chi connectivity index (χ1) is 16.0. The molecule has 3 amide bonds. The summed E-state index contributed by atoms with van der Waals surface area (Å²) in [5.41, 5.74) is -0.0363. The third-order valence-corrected chi connectivity index (χ3v) is 6.94. The molecule has 0 saturated carbocycles. The molecule has 0 spiro atoms. The Morgan fingerprint density at radius 2 is 1.56 bits per heavy atom. The maximum atomic E-state index is 15.0. The van der Waals surface area contributed by atoms with Crippen molar-refractivity contribution in [2.75, 3.05) is 18.0 Å². The van der Waals surface area contributed by atoms with Gasteiger partial charge in [0.1, 0.15) is 11.9 Å². The lowest BCUT2D eigenvalue weighted by Crippen LogP contribution is -2.41. The number of hydrogen-bond acceptors (Lipinski definition) is 6. The van der Waals surface area contributed by atoms with Crippen LogP contribution >= 0.6 is 0 Å². The highest BCUT2D eigenvalue weighted by molar-refractivity contribution is 6.62. The van der Waals surface area contributed by atoms with E-state index in [0.29, 0.717) is 16.8 Å². The predicted octanol–water partition coefficient (Wildman–Crippen LogP) is 2.75. The smallest absolute Gasteiger partial charge is 0.442 e. The van der Waals surface area contributed by atoms with E-state index in [9.17, 15) is 14.4 Å². The Kier molecular flexibility index (Phi) is 5.07. The van der Waals surface area contributed by atoms with Gasteiger partial charge in [-0.25, -0.2) is 9.18 Å². The van der Waals surface area contributed by atoms with E-state index >= 15 is 4.39 Å². The van der Waals surface area contributed by atoms with Crippen LogP contribution < -0.4 is 10.4 Å². The quantitative estimate of drug-likeness (QED) is 0.509. The first-order valence-electron chi connectivity index (χ1n) is 11.1. The van der Waals surface area contributed by atoms with Gasteiger partial charge in [0.25, 0.3) is 11.8 Å². The second-order valence-corrected chi connectivity index (χ2v) is 9.68. The fourth-order valence-electron chi connectivity index (χ4n) is 4.28. The van der Waals surface area contributed by atoms with E-state index in [-0.39, 0.29) is 18.6 Å². The zero-order chi connectivity index (χ0) is 24.4. The Balaban J connectivity index is 1.30. The molecular weight excluding hydrogens is 442 g/mol. The van der Waals surface area contributed by atoms with Crippen molar-refractivity contribution in [3.05, 3.63) is 59.4 Å². The monoisotopic (exact) mass is 466 g/mol. The van der Waals surface area contributed by atoms with E-state index in [1.165, 1.54) is 17.0 Å². The summed E-state index contributed by atoms with van der Waals surface area (Å²) in [5, 5.41) is 0. The second-order valence-electron chi connectivity index (χ2n) is 9.68. The van der Waals surface area contributed by atoms with Crippen molar-refractivity contribution in [1.82, 2.24) is 4.90 Å². The largest absolute Gasteiger partial charge is 0.497 e. The lowest BCUT2D eigenvalue weighted by Gasteiger charge is -2.32. The number of fused-ring (bicyclic) bond motifs is 1. The molecule has 8 nitrogen and oxygen atoms in total. The highest BCUT2D eigenvalue weighted by Gasteiger charge is 2.52. The van der Waals surface area contributed by atoms with Gasteiger partial charge in [-0.15, -0.1) is 0 Å². The van der Waals surface area contributed by atoms with Crippen LogP contribution in [0.3, 0.4) is 0 Å². The number of halogens is 1. The lowest BCUT2D eigenvalue weighted by atomic mass is 9.78. The number of hydrogen-bond donors (Lipinski definition) is 0. The zero-order valence-electron chi connectivity index (χ0n) is 19.3. The number of cyclic esters (lactones) is 1. The van der Waals surface area contributed by atoms with Crippen molar-refractivity contribution in [2.45, 2.75) is 45.0 Å². The normalized spacial score (nSPS) is 23.0. The van der Waals surface area contributed by atoms with Gasteiger partial charge in [0.2, 0.25) is 0 Å². The molecule has 176 valence electrons. The summed E-state index contributed by atoms with van der Waals surface area (Å²) >= 11 is 0. The lowest BCUT2D eigenvalue weighted by molar-refractivity contribution is 0.00578. The number of amides is 3. The molecule has 1 atom stereocenters. The number of carbonyl (C=O) groups excluding carboxylic acids is 3. The van der Waals surface area contributed by atoms with Gasteiger partial charge in [0, 0.05) is 5.46 Å². The summed E-state index contributed by atoms with van der Waals surface area (Å²) < 4.78 is 32.2. The van der Waals surface area contributed by atoms with Crippen molar-refractivity contribution in [2.24, 2.45) is 0 Å². The summed E-state index contributed by atoms with van der Waals surface area (Å²) in [5.74, 6) is -1.42. The van der Waals surface area contributed by atoms with Crippen LogP contribution in [0.1, 0.15) is 48.4 Å². The molecule has 2 saturated heterocycles. The summed E-state index contributed by atoms with van der Waals surface area (Å²) in [4.78, 5) is 40.1. The minimum atomic E-state index is -0.869. The second kappa shape index (κ2) is 7.64. The van der Waals surface area contributed by atoms with Gasteiger partial charge in [0.05, 0.1) is 41.1 Å². The molecule has 2 fully saturated rings. The number of anilines is 1. The Morgan fingerprint density at radius 1 is 0.971 bits per heavy atom. The number of nitrogens with zero attached hydrogens (tertiary/aromatic N) is 2. The molecule has 5 rings (SSSR count). The summed E-state index contributed by atoms with van der Waals surface area (Å²) in [6, 6.07) is 10.9. The zero-order valence-corrected chi connectivity index (χ0v) is 19.3. The van der Waals surface area contributed by atoms with Crippen LogP contribution in [0.15, 0.2) is 42.5 Å². The SMILES string of the molecule is CC1(C)OB(c2ccc(N3C[C@H](CN4C(=O)c5ccccc5C4=O)OC3=O)cc2F)OC1(C)C. The number of benzene rings is 2. The minimum Gasteiger partial charge on any atom is -0.442 e. The van der Waals surface area contributed by atoms with Crippen molar-refractivity contribution in [1.29, 1.82) is 0 Å². The Labute approximate surface area is 196 Å². The van der Waals surface area contributed by atoms with Gasteiger partial charge in [0.15, 0.2) is 0 Å². The topological polar surface area (TPSA) is 85.4 Å². The maximum absolute atomic E-state index is 15.0. The fourth-order valence-corrected chi connectivity index (χ4v) is 4.28. The summed E-state index contributed by atoms with van der Waals surface area (Å²) in [6.07, 6.45) is -1.41. The van der Waals surface area contributed by atoms with Crippen molar-refractivity contribution < 1.29 is 32.8 Å². The average Bonchev–Trinajstić information content (AvgIpc) is 3.33. The first-order valence-corrected chi connectivity index (χ1v) is 11.1. The van der Waals surface area contributed by atoms with E-state index in [0.717, 1.165) is 4.90 Å². The molecule has 3 aliphatic heterocycles. The van der Waals surface area contributed by atoms with E-state index in [1.807, 2.05) is 27.7 Å². The predicted molar refractivity (Wildman–Crippen MR) is 122 cm³/mol. The molecule has 34 heavy (non-hydrogen) atoms. The Morgan fingerprint density at radius 3 is 2.12 bits per heavy atom. The van der Waals surface area contributed by atoms with Crippen LogP contribution in [0.5, 0.6) is 0 Å². The molecule has 2 aromatic rings. The van der Waals surface area contributed by atoms with Crippen molar-refractivity contribution >= 4 is 36.2 Å². The van der Waals surface area contributed by atoms with Crippen LogP contribution in [0.25, 0.3) is 0 Å². The van der Waals surface area contributed by atoms with E-state index < -0.39 is 48.1 Å². The molecule has 0 aromatic heterocycles. The highest BCUT2D eigenvalue weighted by Crippen LogP contribution is 2.37. The van der Waals surface area contributed by atoms with Gasteiger partial charge in [-0.2, -0.15) is 0 Å². The van der Waals surface area contributed by atoms with Gasteiger partial charge in [-0.1, -0.05) is 18.2 Å². The maximum Gasteiger partial charge on any atom is 0.497 e. The fraction of sp³-hybridized carbons (Fsp3) is 0.375. The van der Waals surface area contributed by atoms with Crippen LogP contribution in [0.4, 0.5) is 14.9 Å². The van der Waals surface area contributed by atoms with Gasteiger partial charge in [-0.05, 0) is 52.0 Å². The van der Waals surface area contributed by atoms with Gasteiger partial charge in [-0.3, -0.25) is 19.4 Å². The molecule has 0 unspecified atom stereocenters. The van der Waals surface area contributed by atoms with E-state index in [2.05, 4.69) is 0 Å². The van der Waals surface area contributed by atoms with Crippen LogP contribution in [-0.4, -0.2) is 60.3 Å². The first kappa shape index (κ1) is 22.6. The number of carbonyl (C=O) groups is 3. The van der Waals surface area contributed by atoms with E-state index in [4.69, 9.17) is 14.0 Å². The van der Waals surface area contributed by atoms with Crippen LogP contribution in [0, 0.1) is 5.82 Å². The molecule has 0 aliphatic carbocycles. The molecule has 10 heteroatoms. The number of ether oxygens (including phenoxy) is 1. The third kappa shape index (κ3) is 3.49. The summed E-state index contributed by atoms with van der Waals surface area (Å²) in [7, 11) is -0.869. The molecule has 0 bridgehead atoms. The van der Waals surface area contributed by atoms with Gasteiger partial charge >= 0.3 is 13.2 Å². The standard InChI is InChI=1S/C24H24BFN2O6/c1-23(2)24(3,4)34-25(33-23)18-10-9-14(11-19(18)26)27-12-15(32-22(27)31)13-28-20(29)16-7-5-6-8-17(16)21(28)30/h5-11,15H,12-13H2,1-4H3/t15-/m1/s1. The minimum absolute atomic E-state index is 0.0709. The third-order valence-electron chi connectivity index (χ3n) is 6.94. The molecule has 2 aromatic carbocycles. The molecule has 3 heterocycles. The molecular formula is C24H24BFN2O6. The molecule has 3 aliphatic rings. The molecule has 0 N–H and O–H groups in total. The number of rotatable bonds is 4. The van der Waals surface area contributed by atoms with E-state index in [1.54, 1.807) is 30.3 Å². The van der Waals surface area contributed by atoms with Crippen LogP contribution in [0.2, 0.25) is 0 Å². The Hall–Kier alpha value is -3.24.